The first-order valence-electron chi connectivity index (χ1n) is 6.73. The van der Waals surface area contributed by atoms with Crippen LogP contribution in [-0.4, -0.2) is 6.54 Å². The van der Waals surface area contributed by atoms with E-state index in [9.17, 15) is 8.78 Å². The summed E-state index contributed by atoms with van der Waals surface area (Å²) in [5.41, 5.74) is 0.885. The smallest absolute Gasteiger partial charge is 0.201 e. The Hall–Kier alpha value is -1.46. The van der Waals surface area contributed by atoms with Gasteiger partial charge in [-0.3, -0.25) is 0 Å². The molecule has 2 aromatic rings. The minimum Gasteiger partial charge on any atom is -0.454 e. The van der Waals surface area contributed by atoms with Crippen molar-refractivity contribution in [3.8, 4) is 11.5 Å². The molecule has 0 aliphatic rings. The maximum absolute atomic E-state index is 13.7. The quantitative estimate of drug-likeness (QED) is 0.734. The molecule has 2 rings (SSSR count). The van der Waals surface area contributed by atoms with Crippen LogP contribution in [0.2, 0.25) is 0 Å². The molecule has 0 spiro atoms. The molecular formula is C16H16BrF2NO. The second kappa shape index (κ2) is 7.52. The van der Waals surface area contributed by atoms with Crippen molar-refractivity contribution < 1.29 is 13.5 Å². The van der Waals surface area contributed by atoms with Gasteiger partial charge in [0.25, 0.3) is 0 Å². The summed E-state index contributed by atoms with van der Waals surface area (Å²) in [6, 6.07) is 9.40. The molecule has 0 aliphatic carbocycles. The van der Waals surface area contributed by atoms with Crippen LogP contribution in [0.1, 0.15) is 18.9 Å². The third kappa shape index (κ3) is 4.25. The van der Waals surface area contributed by atoms with Gasteiger partial charge in [-0.1, -0.05) is 35.0 Å². The molecule has 0 saturated heterocycles. The Kier molecular flexibility index (Phi) is 5.70. The van der Waals surface area contributed by atoms with Gasteiger partial charge in [0.2, 0.25) is 5.82 Å². The Balaban J connectivity index is 2.25. The van der Waals surface area contributed by atoms with Gasteiger partial charge in [0.15, 0.2) is 11.6 Å². The molecule has 5 heteroatoms. The molecule has 0 fully saturated rings. The molecule has 0 aliphatic heterocycles. The highest BCUT2D eigenvalue weighted by Gasteiger charge is 2.12. The molecule has 0 unspecified atom stereocenters. The van der Waals surface area contributed by atoms with Gasteiger partial charge < -0.3 is 10.1 Å². The summed E-state index contributed by atoms with van der Waals surface area (Å²) in [6.07, 6.45) is 1.02. The number of rotatable bonds is 6. The third-order valence-electron chi connectivity index (χ3n) is 2.91. The van der Waals surface area contributed by atoms with Gasteiger partial charge in [-0.05, 0) is 37.2 Å². The van der Waals surface area contributed by atoms with Crippen LogP contribution in [0.5, 0.6) is 11.5 Å². The van der Waals surface area contributed by atoms with E-state index in [4.69, 9.17) is 4.74 Å². The SMILES string of the molecule is CCCNCc1ccc(Br)cc1Oc1cccc(F)c1F. The van der Waals surface area contributed by atoms with E-state index in [2.05, 4.69) is 28.2 Å². The lowest BCUT2D eigenvalue weighted by Gasteiger charge is -2.13. The lowest BCUT2D eigenvalue weighted by Crippen LogP contribution is -2.14. The van der Waals surface area contributed by atoms with Crippen molar-refractivity contribution in [3.05, 3.63) is 58.1 Å². The minimum atomic E-state index is -0.982. The largest absolute Gasteiger partial charge is 0.454 e. The maximum atomic E-state index is 13.7. The molecule has 2 nitrogen and oxygen atoms in total. The van der Waals surface area contributed by atoms with Crippen molar-refractivity contribution >= 4 is 15.9 Å². The van der Waals surface area contributed by atoms with E-state index in [1.54, 1.807) is 6.07 Å². The van der Waals surface area contributed by atoms with Crippen LogP contribution in [0.15, 0.2) is 40.9 Å². The number of nitrogens with one attached hydrogen (secondary N) is 1. The fourth-order valence-corrected chi connectivity index (χ4v) is 2.19. The van der Waals surface area contributed by atoms with Gasteiger partial charge in [0.05, 0.1) is 0 Å². The van der Waals surface area contributed by atoms with Gasteiger partial charge in [0.1, 0.15) is 5.75 Å². The van der Waals surface area contributed by atoms with E-state index in [0.29, 0.717) is 12.3 Å². The highest BCUT2D eigenvalue weighted by molar-refractivity contribution is 9.10. The van der Waals surface area contributed by atoms with Gasteiger partial charge >= 0.3 is 0 Å². The molecule has 0 aromatic heterocycles. The molecule has 0 radical (unpaired) electrons. The summed E-state index contributed by atoms with van der Waals surface area (Å²) < 4.78 is 33.3. The summed E-state index contributed by atoms with van der Waals surface area (Å²) in [4.78, 5) is 0. The minimum absolute atomic E-state index is 0.121. The van der Waals surface area contributed by atoms with E-state index in [0.717, 1.165) is 29.1 Å². The first kappa shape index (κ1) is 15.9. The first-order valence-corrected chi connectivity index (χ1v) is 7.52. The van der Waals surface area contributed by atoms with Gasteiger partial charge in [-0.15, -0.1) is 0 Å². The molecule has 0 atom stereocenters. The molecule has 1 N–H and O–H groups in total. The van der Waals surface area contributed by atoms with Crippen molar-refractivity contribution in [1.82, 2.24) is 5.32 Å². The number of ether oxygens (including phenoxy) is 1. The summed E-state index contributed by atoms with van der Waals surface area (Å²) in [6.45, 7) is 3.56. The van der Waals surface area contributed by atoms with E-state index in [-0.39, 0.29) is 5.75 Å². The normalized spacial score (nSPS) is 10.7. The van der Waals surface area contributed by atoms with Crippen LogP contribution in [0, 0.1) is 11.6 Å². The zero-order valence-electron chi connectivity index (χ0n) is 11.6. The van der Waals surface area contributed by atoms with Crippen LogP contribution >= 0.6 is 15.9 Å². The van der Waals surface area contributed by atoms with Gasteiger partial charge in [0, 0.05) is 16.6 Å². The van der Waals surface area contributed by atoms with E-state index in [1.165, 1.54) is 12.1 Å². The predicted octanol–water partition coefficient (Wildman–Crippen LogP) is 5.02. The molecule has 0 heterocycles. The first-order chi connectivity index (χ1) is 10.1. The number of benzene rings is 2. The summed E-state index contributed by atoms with van der Waals surface area (Å²) in [5, 5.41) is 3.26. The van der Waals surface area contributed by atoms with Crippen LogP contribution in [0.25, 0.3) is 0 Å². The average molecular weight is 356 g/mol. The van der Waals surface area contributed by atoms with Crippen molar-refractivity contribution in [1.29, 1.82) is 0 Å². The fourth-order valence-electron chi connectivity index (χ4n) is 1.85. The molecule has 21 heavy (non-hydrogen) atoms. The molecule has 0 bridgehead atoms. The number of halogens is 3. The highest BCUT2D eigenvalue weighted by Crippen LogP contribution is 2.30. The molecule has 2 aromatic carbocycles. The molecular weight excluding hydrogens is 340 g/mol. The van der Waals surface area contributed by atoms with E-state index < -0.39 is 11.6 Å². The zero-order valence-corrected chi connectivity index (χ0v) is 13.2. The second-order valence-corrected chi connectivity index (χ2v) is 5.50. The monoisotopic (exact) mass is 355 g/mol. The molecule has 0 amide bonds. The van der Waals surface area contributed by atoms with Crippen LogP contribution in [0.3, 0.4) is 0 Å². The Morgan fingerprint density at radius 2 is 1.95 bits per heavy atom. The lowest BCUT2D eigenvalue weighted by molar-refractivity contribution is 0.411. The highest BCUT2D eigenvalue weighted by atomic mass is 79.9. The molecule has 112 valence electrons. The van der Waals surface area contributed by atoms with Crippen LogP contribution in [0.4, 0.5) is 8.78 Å². The summed E-state index contributed by atoms with van der Waals surface area (Å²) in [7, 11) is 0. The summed E-state index contributed by atoms with van der Waals surface area (Å²) in [5.74, 6) is -1.53. The molecule has 0 saturated carbocycles. The van der Waals surface area contributed by atoms with Crippen molar-refractivity contribution in [3.63, 3.8) is 0 Å². The zero-order chi connectivity index (χ0) is 15.2. The standard InChI is InChI=1S/C16H16BrF2NO/c1-2-8-20-10-11-6-7-12(17)9-15(11)21-14-5-3-4-13(18)16(14)19/h3-7,9,20H,2,8,10H2,1H3. The van der Waals surface area contributed by atoms with Crippen molar-refractivity contribution in [2.75, 3.05) is 6.54 Å². The summed E-state index contributed by atoms with van der Waals surface area (Å²) >= 11 is 3.36. The van der Waals surface area contributed by atoms with Crippen LogP contribution in [-0.2, 0) is 6.54 Å². The lowest BCUT2D eigenvalue weighted by atomic mass is 10.2. The van der Waals surface area contributed by atoms with Gasteiger partial charge in [-0.25, -0.2) is 4.39 Å². The maximum Gasteiger partial charge on any atom is 0.201 e. The average Bonchev–Trinajstić information content (AvgIpc) is 2.46. The Morgan fingerprint density at radius 3 is 2.71 bits per heavy atom. The van der Waals surface area contributed by atoms with Crippen molar-refractivity contribution in [2.24, 2.45) is 0 Å². The Morgan fingerprint density at radius 1 is 1.14 bits per heavy atom. The van der Waals surface area contributed by atoms with E-state index in [1.807, 2.05) is 12.1 Å². The number of hydrogen-bond donors (Lipinski definition) is 1. The van der Waals surface area contributed by atoms with Crippen molar-refractivity contribution in [2.45, 2.75) is 19.9 Å². The van der Waals surface area contributed by atoms with E-state index >= 15 is 0 Å². The van der Waals surface area contributed by atoms with Crippen LogP contribution < -0.4 is 10.1 Å². The second-order valence-electron chi connectivity index (χ2n) is 4.58. The Bertz CT molecular complexity index is 619. The fraction of sp³-hybridized carbons (Fsp3) is 0.250. The topological polar surface area (TPSA) is 21.3 Å². The third-order valence-corrected chi connectivity index (χ3v) is 3.40. The Labute approximate surface area is 131 Å². The predicted molar refractivity (Wildman–Crippen MR) is 82.6 cm³/mol. The number of hydrogen-bond acceptors (Lipinski definition) is 2. The van der Waals surface area contributed by atoms with Gasteiger partial charge in [-0.2, -0.15) is 4.39 Å².